The van der Waals surface area contributed by atoms with E-state index in [-0.39, 0.29) is 18.1 Å². The number of carbonyl (C=O) groups excluding carboxylic acids is 1. The van der Waals surface area contributed by atoms with Gasteiger partial charge >= 0.3 is 6.18 Å². The summed E-state index contributed by atoms with van der Waals surface area (Å²) in [6.45, 7) is 0.596. The van der Waals surface area contributed by atoms with E-state index >= 15 is 0 Å². The molecule has 3 atom stereocenters. The highest BCUT2D eigenvalue weighted by molar-refractivity contribution is 5.79. The van der Waals surface area contributed by atoms with Crippen LogP contribution in [0, 0.1) is 11.8 Å². The van der Waals surface area contributed by atoms with Crippen LogP contribution in [0.5, 0.6) is 0 Å². The number of carbonyl (C=O) groups is 1. The van der Waals surface area contributed by atoms with Crippen LogP contribution in [0.2, 0.25) is 0 Å². The quantitative estimate of drug-likeness (QED) is 0.806. The van der Waals surface area contributed by atoms with Crippen molar-refractivity contribution in [1.82, 2.24) is 5.32 Å². The molecule has 0 bridgehead atoms. The molecule has 0 aromatic carbocycles. The van der Waals surface area contributed by atoms with Gasteiger partial charge in [-0.1, -0.05) is 32.1 Å². The summed E-state index contributed by atoms with van der Waals surface area (Å²) in [7, 11) is 0. The Balaban J connectivity index is 1.61. The smallest absolute Gasteiger partial charge is 0.375 e. The molecule has 1 saturated heterocycles. The molecular formula is C18H28F3NO2. The van der Waals surface area contributed by atoms with Gasteiger partial charge in [-0.05, 0) is 38.5 Å². The van der Waals surface area contributed by atoms with E-state index in [2.05, 4.69) is 5.32 Å². The lowest BCUT2D eigenvalue weighted by Gasteiger charge is -2.44. The molecule has 2 saturated carbocycles. The van der Waals surface area contributed by atoms with E-state index in [0.717, 1.165) is 32.1 Å². The first-order chi connectivity index (χ1) is 11.4. The van der Waals surface area contributed by atoms with E-state index in [0.29, 0.717) is 32.3 Å². The predicted octanol–water partition coefficient (Wildman–Crippen LogP) is 4.35. The zero-order valence-corrected chi connectivity index (χ0v) is 14.2. The van der Waals surface area contributed by atoms with Crippen LogP contribution in [0.1, 0.15) is 70.6 Å². The van der Waals surface area contributed by atoms with Crippen LogP contribution in [0.4, 0.5) is 13.2 Å². The molecule has 0 aromatic heterocycles. The third-order valence-electron chi connectivity index (χ3n) is 6.13. The fraction of sp³-hybridized carbons (Fsp3) is 0.944. The molecule has 2 aliphatic carbocycles. The van der Waals surface area contributed by atoms with Crippen molar-refractivity contribution in [3.63, 3.8) is 0 Å². The second kappa shape index (κ2) is 7.22. The molecule has 1 spiro atoms. The number of halogens is 3. The molecule has 138 valence electrons. The Hall–Kier alpha value is -0.780. The lowest BCUT2D eigenvalue weighted by molar-refractivity contribution is -0.198. The number of ether oxygens (including phenoxy) is 1. The van der Waals surface area contributed by atoms with Gasteiger partial charge in [-0.2, -0.15) is 13.2 Å². The van der Waals surface area contributed by atoms with Crippen LogP contribution in [0.25, 0.3) is 0 Å². The van der Waals surface area contributed by atoms with Gasteiger partial charge < -0.3 is 10.1 Å². The lowest BCUT2D eigenvalue weighted by atomic mass is 9.76. The van der Waals surface area contributed by atoms with Gasteiger partial charge in [0, 0.05) is 18.6 Å². The maximum atomic E-state index is 13.2. The summed E-state index contributed by atoms with van der Waals surface area (Å²) in [4.78, 5) is 12.5. The molecule has 1 N–H and O–H groups in total. The van der Waals surface area contributed by atoms with Gasteiger partial charge in [0.05, 0.1) is 11.5 Å². The monoisotopic (exact) mass is 347 g/mol. The molecule has 1 heterocycles. The van der Waals surface area contributed by atoms with Gasteiger partial charge in [-0.15, -0.1) is 0 Å². The van der Waals surface area contributed by atoms with Crippen molar-refractivity contribution in [2.24, 2.45) is 11.8 Å². The van der Waals surface area contributed by atoms with Crippen molar-refractivity contribution < 1.29 is 22.7 Å². The highest BCUT2D eigenvalue weighted by atomic mass is 19.4. The minimum Gasteiger partial charge on any atom is -0.375 e. The van der Waals surface area contributed by atoms with Crippen molar-refractivity contribution in [2.75, 3.05) is 6.61 Å². The van der Waals surface area contributed by atoms with Crippen LogP contribution in [0.3, 0.4) is 0 Å². The van der Waals surface area contributed by atoms with Crippen LogP contribution >= 0.6 is 0 Å². The van der Waals surface area contributed by atoms with Crippen molar-refractivity contribution >= 4 is 5.91 Å². The second-order valence-electron chi connectivity index (χ2n) is 7.83. The molecule has 1 aliphatic heterocycles. The molecule has 3 nitrogen and oxygen atoms in total. The average Bonchev–Trinajstić information content (AvgIpc) is 2.55. The van der Waals surface area contributed by atoms with Gasteiger partial charge in [0.1, 0.15) is 0 Å². The van der Waals surface area contributed by atoms with Crippen LogP contribution in [0.15, 0.2) is 0 Å². The fourth-order valence-electron chi connectivity index (χ4n) is 4.84. The number of hydrogen-bond donors (Lipinski definition) is 1. The lowest BCUT2D eigenvalue weighted by Crippen LogP contribution is -2.52. The molecule has 3 aliphatic rings. The number of amides is 1. The molecule has 6 heteroatoms. The maximum absolute atomic E-state index is 13.2. The van der Waals surface area contributed by atoms with Gasteiger partial charge in [0.15, 0.2) is 0 Å². The first-order valence-corrected chi connectivity index (χ1v) is 9.41. The summed E-state index contributed by atoms with van der Waals surface area (Å²) in [6.07, 6.45) is 4.40. The summed E-state index contributed by atoms with van der Waals surface area (Å²) < 4.78 is 45.7. The van der Waals surface area contributed by atoms with E-state index in [9.17, 15) is 18.0 Å². The first kappa shape index (κ1) is 18.0. The second-order valence-corrected chi connectivity index (χ2v) is 7.83. The number of hydrogen-bond acceptors (Lipinski definition) is 2. The first-order valence-electron chi connectivity index (χ1n) is 9.41. The van der Waals surface area contributed by atoms with Crippen LogP contribution in [-0.4, -0.2) is 30.3 Å². The van der Waals surface area contributed by atoms with Crippen molar-refractivity contribution in [2.45, 2.75) is 88.4 Å². The Morgan fingerprint density at radius 3 is 2.42 bits per heavy atom. The standard InChI is InChI=1S/C18H28F3NO2/c19-18(20,21)15-7-3-2-6-14(15)16(23)22-13-8-11-24-17(12-13)9-4-1-5-10-17/h13-15H,1-12H2,(H,22,23)/t13-,14+,15+/m1/s1. The minimum atomic E-state index is -4.28. The maximum Gasteiger partial charge on any atom is 0.392 e. The molecular weight excluding hydrogens is 319 g/mol. The van der Waals surface area contributed by atoms with Gasteiger partial charge in [0.2, 0.25) is 5.91 Å². The predicted molar refractivity (Wildman–Crippen MR) is 84.4 cm³/mol. The van der Waals surface area contributed by atoms with E-state index in [1.807, 2.05) is 0 Å². The molecule has 0 radical (unpaired) electrons. The topological polar surface area (TPSA) is 38.3 Å². The highest BCUT2D eigenvalue weighted by Crippen LogP contribution is 2.42. The Kier molecular flexibility index (Phi) is 5.42. The Labute approximate surface area is 141 Å². The molecule has 24 heavy (non-hydrogen) atoms. The Morgan fingerprint density at radius 1 is 1.00 bits per heavy atom. The molecule has 3 fully saturated rings. The number of nitrogens with one attached hydrogen (secondary N) is 1. The highest BCUT2D eigenvalue weighted by Gasteiger charge is 2.48. The summed E-state index contributed by atoms with van der Waals surface area (Å²) in [5.74, 6) is -2.78. The molecule has 3 rings (SSSR count). The third kappa shape index (κ3) is 4.06. The van der Waals surface area contributed by atoms with Crippen LogP contribution < -0.4 is 5.32 Å². The van der Waals surface area contributed by atoms with Gasteiger partial charge in [0.25, 0.3) is 0 Å². The van der Waals surface area contributed by atoms with Crippen molar-refractivity contribution in [3.8, 4) is 0 Å². The largest absolute Gasteiger partial charge is 0.392 e. The van der Waals surface area contributed by atoms with E-state index in [1.54, 1.807) is 0 Å². The molecule has 0 unspecified atom stereocenters. The molecule has 0 aromatic rings. The zero-order valence-electron chi connectivity index (χ0n) is 14.2. The van der Waals surface area contributed by atoms with Gasteiger partial charge in [-0.3, -0.25) is 4.79 Å². The normalized spacial score (nSPS) is 34.0. The summed E-state index contributed by atoms with van der Waals surface area (Å²) in [5, 5.41) is 2.94. The van der Waals surface area contributed by atoms with Crippen molar-refractivity contribution in [3.05, 3.63) is 0 Å². The number of rotatable bonds is 2. The van der Waals surface area contributed by atoms with E-state index in [4.69, 9.17) is 4.74 Å². The zero-order chi connectivity index (χ0) is 17.2. The summed E-state index contributed by atoms with van der Waals surface area (Å²) in [5.41, 5.74) is -0.148. The summed E-state index contributed by atoms with van der Waals surface area (Å²) in [6, 6.07) is -0.0415. The van der Waals surface area contributed by atoms with Gasteiger partial charge in [-0.25, -0.2) is 0 Å². The fourth-order valence-corrected chi connectivity index (χ4v) is 4.84. The average molecular weight is 347 g/mol. The summed E-state index contributed by atoms with van der Waals surface area (Å²) >= 11 is 0. The Bertz CT molecular complexity index is 441. The van der Waals surface area contributed by atoms with Crippen molar-refractivity contribution in [1.29, 1.82) is 0 Å². The van der Waals surface area contributed by atoms with E-state index in [1.165, 1.54) is 6.42 Å². The van der Waals surface area contributed by atoms with E-state index < -0.39 is 23.9 Å². The Morgan fingerprint density at radius 2 is 1.71 bits per heavy atom. The minimum absolute atomic E-state index is 0.0415. The third-order valence-corrected chi connectivity index (χ3v) is 6.13. The number of alkyl halides is 3. The SMILES string of the molecule is O=C(N[C@@H]1CCOC2(CCCCC2)C1)[C@H]1CCCC[C@@H]1C(F)(F)F. The van der Waals surface area contributed by atoms with Crippen LogP contribution in [-0.2, 0) is 9.53 Å². The molecule has 1 amide bonds.